The van der Waals surface area contributed by atoms with Crippen molar-refractivity contribution in [3.8, 4) is 11.8 Å². The Balaban J connectivity index is 2.66. The molecule has 1 aliphatic rings. The standard InChI is InChI=1S/C13H15FN2O8/c1-6-5-7(17)15-11(19)16(6)10-12(20,3-2-4-14)8(18)9(24-10)13(21,22)23/h5,8-10,18,20-23H,4H2,1H3,(H,15,17,19)/t8?,9?,10?,12-/m1/s1. The third-order valence-electron chi connectivity index (χ3n) is 3.53. The Hall–Kier alpha value is -2.07. The Morgan fingerprint density at radius 1 is 1.46 bits per heavy atom. The summed E-state index contributed by atoms with van der Waals surface area (Å²) in [6, 6.07) is 0.970. The van der Waals surface area contributed by atoms with Crippen LogP contribution in [-0.2, 0) is 4.74 Å². The summed E-state index contributed by atoms with van der Waals surface area (Å²) in [6.45, 7) is 0.0846. The Kier molecular flexibility index (Phi) is 4.64. The summed E-state index contributed by atoms with van der Waals surface area (Å²) in [5, 5.41) is 48.3. The molecule has 0 aromatic carbocycles. The van der Waals surface area contributed by atoms with Crippen LogP contribution in [0.5, 0.6) is 0 Å². The van der Waals surface area contributed by atoms with E-state index in [-0.39, 0.29) is 5.69 Å². The van der Waals surface area contributed by atoms with E-state index >= 15 is 0 Å². The predicted molar refractivity (Wildman–Crippen MR) is 74.1 cm³/mol. The molecule has 0 saturated carbocycles. The van der Waals surface area contributed by atoms with Crippen molar-refractivity contribution in [3.05, 3.63) is 32.6 Å². The van der Waals surface area contributed by atoms with Crippen LogP contribution in [0.2, 0.25) is 0 Å². The number of ether oxygens (including phenoxy) is 1. The van der Waals surface area contributed by atoms with Crippen LogP contribution in [0.3, 0.4) is 0 Å². The van der Waals surface area contributed by atoms with Crippen LogP contribution < -0.4 is 11.2 Å². The second kappa shape index (κ2) is 6.10. The number of aliphatic hydroxyl groups excluding tert-OH is 1. The number of nitrogens with zero attached hydrogens (tertiary/aromatic N) is 1. The van der Waals surface area contributed by atoms with Gasteiger partial charge in [0.2, 0.25) is 0 Å². The Bertz CT molecular complexity index is 801. The average molecular weight is 346 g/mol. The van der Waals surface area contributed by atoms with E-state index in [4.69, 9.17) is 4.74 Å². The number of H-pyrrole nitrogens is 1. The molecule has 4 atom stereocenters. The highest BCUT2D eigenvalue weighted by molar-refractivity contribution is 5.24. The number of nitrogens with one attached hydrogen (secondary N) is 1. The maximum absolute atomic E-state index is 12.3. The first-order valence-corrected chi connectivity index (χ1v) is 6.64. The topological polar surface area (TPSA) is 165 Å². The lowest BCUT2D eigenvalue weighted by molar-refractivity contribution is -0.368. The molecule has 10 nitrogen and oxygen atoms in total. The molecule has 1 aliphatic heterocycles. The number of aryl methyl sites for hydroxylation is 1. The van der Waals surface area contributed by atoms with E-state index < -0.39 is 47.9 Å². The third-order valence-corrected chi connectivity index (χ3v) is 3.53. The first kappa shape index (κ1) is 18.3. The van der Waals surface area contributed by atoms with E-state index in [2.05, 4.69) is 0 Å². The van der Waals surface area contributed by atoms with Crippen LogP contribution >= 0.6 is 0 Å². The summed E-state index contributed by atoms with van der Waals surface area (Å²) < 4.78 is 18.0. The van der Waals surface area contributed by atoms with E-state index in [1.165, 1.54) is 6.92 Å². The van der Waals surface area contributed by atoms with E-state index in [1.807, 2.05) is 16.8 Å². The van der Waals surface area contributed by atoms with Gasteiger partial charge in [0.05, 0.1) is 0 Å². The minimum atomic E-state index is -3.58. The third kappa shape index (κ3) is 2.98. The molecule has 1 saturated heterocycles. The van der Waals surface area contributed by atoms with E-state index in [1.54, 1.807) is 0 Å². The molecule has 1 aromatic rings. The highest BCUT2D eigenvalue weighted by Crippen LogP contribution is 2.40. The maximum Gasteiger partial charge on any atom is 0.330 e. The molecule has 3 unspecified atom stereocenters. The van der Waals surface area contributed by atoms with Gasteiger partial charge in [-0.1, -0.05) is 11.8 Å². The Morgan fingerprint density at radius 2 is 2.08 bits per heavy atom. The molecule has 132 valence electrons. The van der Waals surface area contributed by atoms with Crippen molar-refractivity contribution in [3.63, 3.8) is 0 Å². The molecule has 0 bridgehead atoms. The van der Waals surface area contributed by atoms with Crippen LogP contribution in [0.15, 0.2) is 15.7 Å². The molecule has 0 amide bonds. The van der Waals surface area contributed by atoms with Gasteiger partial charge in [0.1, 0.15) is 12.8 Å². The molecule has 11 heteroatoms. The molecular formula is C13H15FN2O8. The average Bonchev–Trinajstić information content (AvgIpc) is 2.69. The molecule has 1 fully saturated rings. The minimum absolute atomic E-state index is 0.0264. The van der Waals surface area contributed by atoms with Crippen molar-refractivity contribution >= 4 is 0 Å². The number of aromatic nitrogens is 2. The number of halogens is 1. The second-order valence-corrected chi connectivity index (χ2v) is 5.25. The number of rotatable bonds is 2. The molecule has 0 radical (unpaired) electrons. The van der Waals surface area contributed by atoms with Gasteiger partial charge in [-0.05, 0) is 6.92 Å². The van der Waals surface area contributed by atoms with Gasteiger partial charge in [0, 0.05) is 11.8 Å². The fourth-order valence-electron chi connectivity index (χ4n) is 2.48. The largest absolute Gasteiger partial charge is 0.386 e. The number of alkyl halides is 1. The highest BCUT2D eigenvalue weighted by Gasteiger charge is 2.62. The number of aromatic amines is 1. The molecule has 1 aromatic heterocycles. The Labute approximate surface area is 133 Å². The lowest BCUT2D eigenvalue weighted by atomic mass is 9.93. The summed E-state index contributed by atoms with van der Waals surface area (Å²) in [7, 11) is 0. The fraction of sp³-hybridized carbons (Fsp3) is 0.538. The highest BCUT2D eigenvalue weighted by atomic mass is 19.1. The van der Waals surface area contributed by atoms with Crippen molar-refractivity contribution in [1.82, 2.24) is 9.55 Å². The summed E-state index contributed by atoms with van der Waals surface area (Å²) in [5.74, 6) is 0.208. The van der Waals surface area contributed by atoms with Crippen molar-refractivity contribution in [1.29, 1.82) is 0 Å². The molecule has 0 aliphatic carbocycles. The first-order valence-electron chi connectivity index (χ1n) is 6.64. The van der Waals surface area contributed by atoms with E-state index in [0.717, 1.165) is 6.07 Å². The van der Waals surface area contributed by atoms with Crippen molar-refractivity contribution in [2.45, 2.75) is 36.9 Å². The molecule has 6 N–H and O–H groups in total. The summed E-state index contributed by atoms with van der Waals surface area (Å²) in [6.07, 6.45) is -6.29. The van der Waals surface area contributed by atoms with Gasteiger partial charge >= 0.3 is 11.7 Å². The van der Waals surface area contributed by atoms with Crippen LogP contribution in [-0.4, -0.2) is 65.5 Å². The molecule has 24 heavy (non-hydrogen) atoms. The second-order valence-electron chi connectivity index (χ2n) is 5.25. The Morgan fingerprint density at radius 3 is 2.58 bits per heavy atom. The van der Waals surface area contributed by atoms with Crippen molar-refractivity contribution in [2.75, 3.05) is 6.67 Å². The zero-order chi connectivity index (χ0) is 18.3. The normalized spacial score (nSPS) is 30.0. The van der Waals surface area contributed by atoms with Crippen LogP contribution in [0.25, 0.3) is 0 Å². The summed E-state index contributed by atoms with van der Waals surface area (Å²) in [5.41, 5.74) is -4.51. The smallest absolute Gasteiger partial charge is 0.330 e. The monoisotopic (exact) mass is 346 g/mol. The lowest BCUT2D eigenvalue weighted by Gasteiger charge is -2.27. The molecular weight excluding hydrogens is 331 g/mol. The molecule has 2 heterocycles. The van der Waals surface area contributed by atoms with E-state index in [0.29, 0.717) is 4.57 Å². The summed E-state index contributed by atoms with van der Waals surface area (Å²) in [4.78, 5) is 25.2. The van der Waals surface area contributed by atoms with Gasteiger partial charge in [-0.2, -0.15) is 0 Å². The van der Waals surface area contributed by atoms with Gasteiger partial charge in [0.25, 0.3) is 5.56 Å². The zero-order valence-corrected chi connectivity index (χ0v) is 12.3. The number of hydrogen-bond acceptors (Lipinski definition) is 8. The van der Waals surface area contributed by atoms with Crippen LogP contribution in [0, 0.1) is 18.8 Å². The van der Waals surface area contributed by atoms with Crippen molar-refractivity contribution < 1.29 is 34.7 Å². The number of aliphatic hydroxyl groups is 5. The van der Waals surface area contributed by atoms with Crippen LogP contribution in [0.4, 0.5) is 4.39 Å². The minimum Gasteiger partial charge on any atom is -0.386 e. The van der Waals surface area contributed by atoms with Gasteiger partial charge in [-0.3, -0.25) is 14.3 Å². The van der Waals surface area contributed by atoms with E-state index in [9.17, 15) is 39.5 Å². The SMILES string of the molecule is Cc1cc(=O)[nH]c(=O)n1C1OC(C(O)(O)O)C(O)[C@]1(O)C#CCF. The summed E-state index contributed by atoms with van der Waals surface area (Å²) >= 11 is 0. The van der Waals surface area contributed by atoms with Gasteiger partial charge < -0.3 is 30.3 Å². The quantitative estimate of drug-likeness (QED) is 0.236. The van der Waals surface area contributed by atoms with Crippen molar-refractivity contribution in [2.24, 2.45) is 0 Å². The number of hydrogen-bond donors (Lipinski definition) is 6. The van der Waals surface area contributed by atoms with Gasteiger partial charge in [-0.15, -0.1) is 0 Å². The zero-order valence-electron chi connectivity index (χ0n) is 12.3. The molecule has 0 spiro atoms. The first-order chi connectivity index (χ1) is 11.0. The predicted octanol–water partition coefficient (Wildman–Crippen LogP) is -3.56. The fourth-order valence-corrected chi connectivity index (χ4v) is 2.48. The molecule has 2 rings (SSSR count). The van der Waals surface area contributed by atoms with Crippen LogP contribution in [0.1, 0.15) is 11.9 Å². The maximum atomic E-state index is 12.3. The lowest BCUT2D eigenvalue weighted by Crippen LogP contribution is -2.53. The van der Waals surface area contributed by atoms with Gasteiger partial charge in [0.15, 0.2) is 17.9 Å². The van der Waals surface area contributed by atoms with Gasteiger partial charge in [-0.25, -0.2) is 9.18 Å².